The molecule has 0 radical (unpaired) electrons. The number of carbonyl (C=O) groups is 1. The lowest BCUT2D eigenvalue weighted by atomic mass is 10.2. The Balaban J connectivity index is 1.48. The molecule has 0 atom stereocenters. The Bertz CT molecular complexity index is 1260. The summed E-state index contributed by atoms with van der Waals surface area (Å²) in [5.74, 6) is -0.987. The van der Waals surface area contributed by atoms with Gasteiger partial charge < -0.3 is 9.73 Å². The third-order valence-corrected chi connectivity index (χ3v) is 8.76. The number of fused-ring (bicyclic) bond motifs is 1. The summed E-state index contributed by atoms with van der Waals surface area (Å²) in [5, 5.41) is 4.85. The van der Waals surface area contributed by atoms with Gasteiger partial charge in [0.2, 0.25) is 15.9 Å². The largest absolute Gasteiger partial charge is 0.420 e. The smallest absolute Gasteiger partial charge is 0.408 e. The number of benzene rings is 1. The van der Waals surface area contributed by atoms with Crippen LogP contribution in [0.25, 0.3) is 11.1 Å². The van der Waals surface area contributed by atoms with Crippen molar-refractivity contribution in [1.82, 2.24) is 14.2 Å². The number of carbonyl (C=O) groups excluding carboxylic acids is 1. The van der Waals surface area contributed by atoms with E-state index in [1.165, 1.54) is 37.5 Å². The first kappa shape index (κ1) is 22.8. The minimum atomic E-state index is -3.66. The highest BCUT2D eigenvalue weighted by Crippen LogP contribution is 2.24. The number of aromatic nitrogens is 1. The average Bonchev–Trinajstić information content (AvgIpc) is 3.16. The molecule has 1 aromatic carbocycles. The van der Waals surface area contributed by atoms with Crippen molar-refractivity contribution in [1.29, 1.82) is 0 Å². The molecule has 3 aromatic rings. The number of amides is 1. The van der Waals surface area contributed by atoms with Gasteiger partial charge in [0.15, 0.2) is 5.58 Å². The quantitative estimate of drug-likeness (QED) is 0.564. The predicted molar refractivity (Wildman–Crippen MR) is 123 cm³/mol. The summed E-state index contributed by atoms with van der Waals surface area (Å²) >= 11 is 1.65. The zero-order chi connectivity index (χ0) is 22.7. The van der Waals surface area contributed by atoms with Crippen molar-refractivity contribution in [2.24, 2.45) is 0 Å². The Morgan fingerprint density at radius 1 is 1.16 bits per heavy atom. The first-order valence-corrected chi connectivity index (χ1v) is 13.1. The maximum Gasteiger partial charge on any atom is 0.420 e. The Hall–Kier alpha value is -2.43. The van der Waals surface area contributed by atoms with Crippen molar-refractivity contribution in [2.75, 3.05) is 19.6 Å². The van der Waals surface area contributed by atoms with E-state index in [0.29, 0.717) is 25.2 Å². The zero-order valence-corrected chi connectivity index (χ0v) is 19.6. The van der Waals surface area contributed by atoms with E-state index in [1.807, 2.05) is 18.4 Å². The Morgan fingerprint density at radius 3 is 2.59 bits per heavy atom. The third-order valence-electron chi connectivity index (χ3n) is 5.79. The van der Waals surface area contributed by atoms with Crippen molar-refractivity contribution < 1.29 is 17.6 Å². The van der Waals surface area contributed by atoms with Crippen LogP contribution in [0.2, 0.25) is 0 Å². The van der Waals surface area contributed by atoms with Crippen LogP contribution in [-0.4, -0.2) is 42.8 Å². The summed E-state index contributed by atoms with van der Waals surface area (Å²) in [6.07, 6.45) is 4.46. The molecule has 1 aliphatic heterocycles. The van der Waals surface area contributed by atoms with Gasteiger partial charge in [0, 0.05) is 30.6 Å². The molecule has 172 valence electrons. The van der Waals surface area contributed by atoms with E-state index in [-0.39, 0.29) is 22.9 Å². The molecule has 3 heterocycles. The highest BCUT2D eigenvalue weighted by Gasteiger charge is 2.26. The number of nitrogens with one attached hydrogen (secondary N) is 1. The lowest BCUT2D eigenvalue weighted by molar-refractivity contribution is -0.121. The summed E-state index contributed by atoms with van der Waals surface area (Å²) in [5.41, 5.74) is 1.76. The maximum atomic E-state index is 13.0. The predicted octanol–water partition coefficient (Wildman–Crippen LogP) is 2.89. The van der Waals surface area contributed by atoms with E-state index in [2.05, 4.69) is 5.32 Å². The Kier molecular flexibility index (Phi) is 6.82. The fourth-order valence-electron chi connectivity index (χ4n) is 3.96. The number of nitrogens with zero attached hydrogens (tertiary/aromatic N) is 2. The van der Waals surface area contributed by atoms with Crippen LogP contribution in [0.3, 0.4) is 0 Å². The first-order valence-electron chi connectivity index (χ1n) is 10.8. The summed E-state index contributed by atoms with van der Waals surface area (Å²) in [4.78, 5) is 26.0. The Labute approximate surface area is 190 Å². The molecule has 8 nitrogen and oxygen atoms in total. The van der Waals surface area contributed by atoms with Gasteiger partial charge in [-0.05, 0) is 55.3 Å². The summed E-state index contributed by atoms with van der Waals surface area (Å²) < 4.78 is 34.1. The number of sulfonamides is 1. The number of thiophene rings is 1. The minimum absolute atomic E-state index is 0.101. The molecule has 0 saturated carbocycles. The van der Waals surface area contributed by atoms with Gasteiger partial charge in [-0.25, -0.2) is 13.2 Å². The lowest BCUT2D eigenvalue weighted by Crippen LogP contribution is -2.32. The molecule has 2 aromatic heterocycles. The van der Waals surface area contributed by atoms with Crippen LogP contribution in [-0.2, 0) is 27.8 Å². The Morgan fingerprint density at radius 2 is 1.91 bits per heavy atom. The average molecular weight is 478 g/mol. The number of hydrogen-bond acceptors (Lipinski definition) is 6. The molecule has 1 fully saturated rings. The molecular weight excluding hydrogens is 450 g/mol. The molecule has 1 amide bonds. The van der Waals surface area contributed by atoms with Gasteiger partial charge in [0.25, 0.3) is 0 Å². The van der Waals surface area contributed by atoms with Crippen LogP contribution >= 0.6 is 11.3 Å². The number of aryl methyl sites for hydroxylation is 1. The fourth-order valence-corrected chi connectivity index (χ4v) is 6.41. The second kappa shape index (κ2) is 9.60. The fraction of sp³-hybridized carbons (Fsp3) is 0.455. The van der Waals surface area contributed by atoms with Crippen molar-refractivity contribution in [3.8, 4) is 0 Å². The van der Waals surface area contributed by atoms with Crippen LogP contribution in [0.1, 0.15) is 36.1 Å². The van der Waals surface area contributed by atoms with Gasteiger partial charge in [0.1, 0.15) is 6.54 Å². The van der Waals surface area contributed by atoms with Crippen molar-refractivity contribution in [2.45, 2.75) is 50.5 Å². The van der Waals surface area contributed by atoms with Crippen LogP contribution in [0, 0.1) is 6.92 Å². The van der Waals surface area contributed by atoms with Crippen LogP contribution in [0.5, 0.6) is 0 Å². The summed E-state index contributed by atoms with van der Waals surface area (Å²) in [7, 11) is -3.66. The molecule has 1 saturated heterocycles. The van der Waals surface area contributed by atoms with E-state index in [9.17, 15) is 18.0 Å². The normalized spacial score (nSPS) is 15.7. The highest BCUT2D eigenvalue weighted by molar-refractivity contribution is 7.89. The van der Waals surface area contributed by atoms with Gasteiger partial charge >= 0.3 is 5.76 Å². The maximum absolute atomic E-state index is 13.0. The monoisotopic (exact) mass is 477 g/mol. The third kappa shape index (κ3) is 4.82. The molecule has 1 N–H and O–H groups in total. The highest BCUT2D eigenvalue weighted by atomic mass is 32.2. The molecule has 32 heavy (non-hydrogen) atoms. The molecule has 4 rings (SSSR count). The summed E-state index contributed by atoms with van der Waals surface area (Å²) in [6.45, 7) is 3.32. The van der Waals surface area contributed by atoms with Gasteiger partial charge in [-0.3, -0.25) is 9.36 Å². The van der Waals surface area contributed by atoms with Gasteiger partial charge in [-0.1, -0.05) is 12.8 Å². The number of rotatable bonds is 7. The molecule has 0 spiro atoms. The van der Waals surface area contributed by atoms with E-state index in [4.69, 9.17) is 4.42 Å². The van der Waals surface area contributed by atoms with Gasteiger partial charge in [-0.15, -0.1) is 11.3 Å². The van der Waals surface area contributed by atoms with Crippen LogP contribution in [0.4, 0.5) is 0 Å². The minimum Gasteiger partial charge on any atom is -0.408 e. The SMILES string of the molecule is Cc1ccsc1CCNC(=O)Cn1c(=O)oc2cc(S(=O)(=O)N3CCCCCC3)ccc21. The molecular formula is C22H27N3O5S2. The van der Waals surface area contributed by atoms with Crippen LogP contribution in [0.15, 0.2) is 43.8 Å². The standard InChI is InChI=1S/C22H27N3O5S2/c1-16-9-13-31-20(16)8-10-23-21(26)15-25-18-7-6-17(14-19(18)30-22(25)27)32(28,29)24-11-4-2-3-5-12-24/h6-7,9,13-14H,2-5,8,10-12,15H2,1H3,(H,23,26). The van der Waals surface area contributed by atoms with E-state index in [0.717, 1.165) is 32.1 Å². The first-order chi connectivity index (χ1) is 15.4. The molecule has 1 aliphatic rings. The second-order valence-electron chi connectivity index (χ2n) is 8.03. The van der Waals surface area contributed by atoms with Crippen molar-refractivity contribution in [3.05, 3.63) is 50.6 Å². The molecule has 0 bridgehead atoms. The van der Waals surface area contributed by atoms with Crippen molar-refractivity contribution >= 4 is 38.4 Å². The second-order valence-corrected chi connectivity index (χ2v) is 11.0. The number of hydrogen-bond donors (Lipinski definition) is 1. The van der Waals surface area contributed by atoms with E-state index >= 15 is 0 Å². The van der Waals surface area contributed by atoms with Gasteiger partial charge in [-0.2, -0.15) is 4.31 Å². The molecule has 0 aliphatic carbocycles. The van der Waals surface area contributed by atoms with E-state index < -0.39 is 15.8 Å². The zero-order valence-electron chi connectivity index (χ0n) is 18.0. The topological polar surface area (TPSA) is 102 Å². The van der Waals surface area contributed by atoms with Crippen molar-refractivity contribution in [3.63, 3.8) is 0 Å². The summed E-state index contributed by atoms with van der Waals surface area (Å²) in [6, 6.07) is 6.43. The van der Waals surface area contributed by atoms with Crippen LogP contribution < -0.4 is 11.1 Å². The molecule has 10 heteroatoms. The number of oxazole rings is 1. The lowest BCUT2D eigenvalue weighted by Gasteiger charge is -2.19. The van der Waals surface area contributed by atoms with Gasteiger partial charge in [0.05, 0.1) is 10.4 Å². The molecule has 0 unspecified atom stereocenters. The van der Waals surface area contributed by atoms with E-state index in [1.54, 1.807) is 11.3 Å².